The molecule has 3 rings (SSSR count). The van der Waals surface area contributed by atoms with Crippen molar-refractivity contribution in [3.63, 3.8) is 0 Å². The molecule has 0 saturated heterocycles. The maximum Gasteiger partial charge on any atom is 0.0462 e. The predicted molar refractivity (Wildman–Crippen MR) is 81.7 cm³/mol. The third kappa shape index (κ3) is 2.69. The standard InChI is InChI=1S/C17H24N2/c1-12-9-13(2)17-14(11-19-16(17)10-12)7-8-18-15-5-3-4-6-15/h9-11,15,18-19H,3-8H2,1-2H3. The van der Waals surface area contributed by atoms with E-state index < -0.39 is 0 Å². The summed E-state index contributed by atoms with van der Waals surface area (Å²) in [6.07, 6.45) is 8.86. The zero-order valence-electron chi connectivity index (χ0n) is 12.1. The minimum Gasteiger partial charge on any atom is -0.361 e. The molecule has 0 unspecified atom stereocenters. The number of nitrogens with one attached hydrogen (secondary N) is 2. The Bertz CT molecular complexity index is 562. The van der Waals surface area contributed by atoms with E-state index in [0.717, 1.165) is 19.0 Å². The van der Waals surface area contributed by atoms with Gasteiger partial charge in [-0.2, -0.15) is 0 Å². The molecular weight excluding hydrogens is 232 g/mol. The van der Waals surface area contributed by atoms with Crippen LogP contribution in [0.15, 0.2) is 18.3 Å². The monoisotopic (exact) mass is 256 g/mol. The normalized spacial score (nSPS) is 16.5. The molecule has 1 saturated carbocycles. The van der Waals surface area contributed by atoms with E-state index in [1.165, 1.54) is 53.3 Å². The third-order valence-electron chi connectivity index (χ3n) is 4.39. The minimum absolute atomic E-state index is 0.772. The summed E-state index contributed by atoms with van der Waals surface area (Å²) in [6, 6.07) is 5.30. The van der Waals surface area contributed by atoms with Gasteiger partial charge in [-0.05, 0) is 62.4 Å². The highest BCUT2D eigenvalue weighted by Crippen LogP contribution is 2.24. The molecule has 1 aromatic heterocycles. The van der Waals surface area contributed by atoms with Crippen molar-refractivity contribution in [2.45, 2.75) is 52.0 Å². The average molecular weight is 256 g/mol. The number of fused-ring (bicyclic) bond motifs is 1. The molecule has 0 bridgehead atoms. The fraction of sp³-hybridized carbons (Fsp3) is 0.529. The molecule has 1 aliphatic rings. The van der Waals surface area contributed by atoms with Crippen LogP contribution in [0, 0.1) is 13.8 Å². The number of aromatic amines is 1. The average Bonchev–Trinajstić information content (AvgIpc) is 2.99. The number of aryl methyl sites for hydroxylation is 2. The lowest BCUT2D eigenvalue weighted by molar-refractivity contribution is 0.528. The molecule has 0 radical (unpaired) electrons. The molecule has 19 heavy (non-hydrogen) atoms. The van der Waals surface area contributed by atoms with Crippen LogP contribution in [0.3, 0.4) is 0 Å². The SMILES string of the molecule is Cc1cc(C)c2c(CCNC3CCCC3)c[nH]c2c1. The quantitative estimate of drug-likeness (QED) is 0.854. The van der Waals surface area contributed by atoms with Gasteiger partial charge in [-0.15, -0.1) is 0 Å². The molecule has 1 heterocycles. The highest BCUT2D eigenvalue weighted by Gasteiger charge is 2.14. The molecule has 102 valence electrons. The van der Waals surface area contributed by atoms with Crippen molar-refractivity contribution in [2.24, 2.45) is 0 Å². The van der Waals surface area contributed by atoms with E-state index in [1.54, 1.807) is 0 Å². The van der Waals surface area contributed by atoms with E-state index in [0.29, 0.717) is 0 Å². The first kappa shape index (κ1) is 12.7. The molecular formula is C17H24N2. The summed E-state index contributed by atoms with van der Waals surface area (Å²) in [5, 5.41) is 5.13. The Morgan fingerprint density at radius 3 is 2.79 bits per heavy atom. The van der Waals surface area contributed by atoms with Gasteiger partial charge in [-0.25, -0.2) is 0 Å². The second-order valence-corrected chi connectivity index (χ2v) is 6.00. The van der Waals surface area contributed by atoms with Crippen molar-refractivity contribution in [1.82, 2.24) is 10.3 Å². The highest BCUT2D eigenvalue weighted by molar-refractivity contribution is 5.87. The van der Waals surface area contributed by atoms with Crippen molar-refractivity contribution >= 4 is 10.9 Å². The minimum atomic E-state index is 0.772. The fourth-order valence-corrected chi connectivity index (χ4v) is 3.48. The summed E-state index contributed by atoms with van der Waals surface area (Å²) in [6.45, 7) is 5.48. The van der Waals surface area contributed by atoms with Crippen LogP contribution in [-0.4, -0.2) is 17.6 Å². The molecule has 1 aliphatic carbocycles. The summed E-state index contributed by atoms with van der Waals surface area (Å²) in [7, 11) is 0. The highest BCUT2D eigenvalue weighted by atomic mass is 14.9. The Labute approximate surface area is 115 Å². The Hall–Kier alpha value is -1.28. The zero-order valence-corrected chi connectivity index (χ0v) is 12.1. The van der Waals surface area contributed by atoms with Gasteiger partial charge in [0.1, 0.15) is 0 Å². The van der Waals surface area contributed by atoms with Gasteiger partial charge in [0.2, 0.25) is 0 Å². The van der Waals surface area contributed by atoms with Gasteiger partial charge in [0.25, 0.3) is 0 Å². The largest absolute Gasteiger partial charge is 0.361 e. The van der Waals surface area contributed by atoms with Gasteiger partial charge in [0.15, 0.2) is 0 Å². The van der Waals surface area contributed by atoms with Crippen LogP contribution in [0.4, 0.5) is 0 Å². The smallest absolute Gasteiger partial charge is 0.0462 e. The number of hydrogen-bond donors (Lipinski definition) is 2. The summed E-state index contributed by atoms with van der Waals surface area (Å²) in [4.78, 5) is 3.42. The Morgan fingerprint density at radius 2 is 2.00 bits per heavy atom. The van der Waals surface area contributed by atoms with Crippen molar-refractivity contribution in [3.05, 3.63) is 35.0 Å². The number of rotatable bonds is 4. The molecule has 2 heteroatoms. The van der Waals surface area contributed by atoms with Gasteiger partial charge in [-0.1, -0.05) is 18.9 Å². The molecule has 1 aromatic carbocycles. The number of aromatic nitrogens is 1. The van der Waals surface area contributed by atoms with E-state index in [1.807, 2.05) is 0 Å². The molecule has 2 N–H and O–H groups in total. The number of hydrogen-bond acceptors (Lipinski definition) is 1. The molecule has 2 aromatic rings. The second kappa shape index (κ2) is 5.38. The van der Waals surface area contributed by atoms with E-state index in [2.05, 4.69) is 42.5 Å². The summed E-state index contributed by atoms with van der Waals surface area (Å²) in [5.41, 5.74) is 5.47. The van der Waals surface area contributed by atoms with Gasteiger partial charge in [0.05, 0.1) is 0 Å². The van der Waals surface area contributed by atoms with Crippen molar-refractivity contribution in [3.8, 4) is 0 Å². The number of benzene rings is 1. The third-order valence-corrected chi connectivity index (χ3v) is 4.39. The summed E-state index contributed by atoms with van der Waals surface area (Å²) < 4.78 is 0. The molecule has 0 amide bonds. The Kier molecular flexibility index (Phi) is 3.61. The van der Waals surface area contributed by atoms with Crippen LogP contribution in [0.2, 0.25) is 0 Å². The Morgan fingerprint density at radius 1 is 1.21 bits per heavy atom. The topological polar surface area (TPSA) is 27.8 Å². The van der Waals surface area contributed by atoms with E-state index in [9.17, 15) is 0 Å². The zero-order chi connectivity index (χ0) is 13.2. The maximum atomic E-state index is 3.70. The fourth-order valence-electron chi connectivity index (χ4n) is 3.48. The maximum absolute atomic E-state index is 3.70. The van der Waals surface area contributed by atoms with E-state index >= 15 is 0 Å². The van der Waals surface area contributed by atoms with E-state index in [4.69, 9.17) is 0 Å². The molecule has 1 fully saturated rings. The molecule has 0 atom stereocenters. The first-order valence-corrected chi connectivity index (χ1v) is 7.54. The van der Waals surface area contributed by atoms with Crippen LogP contribution in [0.25, 0.3) is 10.9 Å². The van der Waals surface area contributed by atoms with Crippen LogP contribution >= 0.6 is 0 Å². The lowest BCUT2D eigenvalue weighted by Crippen LogP contribution is -2.27. The van der Waals surface area contributed by atoms with Crippen molar-refractivity contribution in [2.75, 3.05) is 6.54 Å². The molecule has 2 nitrogen and oxygen atoms in total. The lowest BCUT2D eigenvalue weighted by Gasteiger charge is -2.11. The number of H-pyrrole nitrogens is 1. The van der Waals surface area contributed by atoms with Gasteiger partial charge in [-0.3, -0.25) is 0 Å². The Balaban J connectivity index is 1.70. The van der Waals surface area contributed by atoms with Crippen LogP contribution in [-0.2, 0) is 6.42 Å². The summed E-state index contributed by atoms with van der Waals surface area (Å²) >= 11 is 0. The predicted octanol–water partition coefficient (Wildman–Crippen LogP) is 3.86. The first-order valence-electron chi connectivity index (χ1n) is 7.54. The lowest BCUT2D eigenvalue weighted by atomic mass is 10.0. The van der Waals surface area contributed by atoms with Crippen LogP contribution in [0.1, 0.15) is 42.4 Å². The van der Waals surface area contributed by atoms with Gasteiger partial charge >= 0.3 is 0 Å². The molecule has 0 spiro atoms. The first-order chi connectivity index (χ1) is 9.24. The molecule has 0 aliphatic heterocycles. The van der Waals surface area contributed by atoms with E-state index in [-0.39, 0.29) is 0 Å². The van der Waals surface area contributed by atoms with Gasteiger partial charge in [0, 0.05) is 23.1 Å². The van der Waals surface area contributed by atoms with Crippen LogP contribution in [0.5, 0.6) is 0 Å². The van der Waals surface area contributed by atoms with Crippen molar-refractivity contribution in [1.29, 1.82) is 0 Å². The summed E-state index contributed by atoms with van der Waals surface area (Å²) in [5.74, 6) is 0. The van der Waals surface area contributed by atoms with Gasteiger partial charge < -0.3 is 10.3 Å². The van der Waals surface area contributed by atoms with Crippen LogP contribution < -0.4 is 5.32 Å². The second-order valence-electron chi connectivity index (χ2n) is 6.00. The van der Waals surface area contributed by atoms with Crippen molar-refractivity contribution < 1.29 is 0 Å².